The maximum absolute atomic E-state index is 9.01. The molecule has 33 heavy (non-hydrogen) atoms. The second kappa shape index (κ2) is 13.9. The summed E-state index contributed by atoms with van der Waals surface area (Å²) in [5, 5.41) is 11.4. The quantitative estimate of drug-likeness (QED) is 0.307. The molecule has 2 aromatic rings. The Labute approximate surface area is 202 Å². The molecule has 1 atom stereocenters. The molecule has 0 amide bonds. The Hall–Kier alpha value is -2.56. The smallest absolute Gasteiger partial charge is 0.261 e. The van der Waals surface area contributed by atoms with Crippen molar-refractivity contribution in [3.8, 4) is 23.7 Å². The first-order valence-electron chi connectivity index (χ1n) is 12.0. The van der Waals surface area contributed by atoms with Gasteiger partial charge in [-0.1, -0.05) is 113 Å². The van der Waals surface area contributed by atoms with Gasteiger partial charge in [0.25, 0.3) is 8.32 Å². The van der Waals surface area contributed by atoms with Crippen LogP contribution in [0.3, 0.4) is 0 Å². The van der Waals surface area contributed by atoms with E-state index in [0.717, 1.165) is 12.8 Å². The number of aliphatic hydroxyl groups excluding tert-OH is 1. The highest BCUT2D eigenvalue weighted by Gasteiger charge is 2.51. The van der Waals surface area contributed by atoms with Crippen molar-refractivity contribution in [1.82, 2.24) is 0 Å². The second-order valence-electron chi connectivity index (χ2n) is 9.17. The van der Waals surface area contributed by atoms with Gasteiger partial charge in [0.05, 0.1) is 6.10 Å². The Morgan fingerprint density at radius 3 is 2.03 bits per heavy atom. The van der Waals surface area contributed by atoms with E-state index in [-0.39, 0.29) is 17.7 Å². The number of rotatable bonds is 9. The van der Waals surface area contributed by atoms with Gasteiger partial charge in [-0.25, -0.2) is 0 Å². The topological polar surface area (TPSA) is 29.5 Å². The zero-order valence-corrected chi connectivity index (χ0v) is 21.6. The van der Waals surface area contributed by atoms with Gasteiger partial charge >= 0.3 is 0 Å². The van der Waals surface area contributed by atoms with E-state index in [1.54, 1.807) is 6.08 Å². The summed E-state index contributed by atoms with van der Waals surface area (Å²) in [6.07, 6.45) is 8.70. The fraction of sp³-hybridized carbons (Fsp3) is 0.400. The summed E-state index contributed by atoms with van der Waals surface area (Å²) in [7, 11) is -2.68. The molecule has 0 bridgehead atoms. The molecule has 0 saturated carbocycles. The first-order chi connectivity index (χ1) is 16.0. The normalized spacial score (nSPS) is 12.5. The average molecular weight is 459 g/mol. The minimum absolute atomic E-state index is 0.104. The van der Waals surface area contributed by atoms with Crippen molar-refractivity contribution in [3.05, 3.63) is 72.8 Å². The number of aliphatic hydroxyl groups is 1. The van der Waals surface area contributed by atoms with Crippen LogP contribution in [0.2, 0.25) is 5.04 Å². The van der Waals surface area contributed by atoms with Gasteiger partial charge < -0.3 is 9.53 Å². The fourth-order valence-corrected chi connectivity index (χ4v) is 8.68. The lowest BCUT2D eigenvalue weighted by atomic mass is 10.2. The van der Waals surface area contributed by atoms with Crippen molar-refractivity contribution in [3.63, 3.8) is 0 Å². The lowest BCUT2D eigenvalue weighted by molar-refractivity contribution is 0.238. The van der Waals surface area contributed by atoms with Gasteiger partial charge in [-0.05, 0) is 34.0 Å². The van der Waals surface area contributed by atoms with Crippen LogP contribution in [0.1, 0.15) is 59.8 Å². The molecular formula is C30H38O2Si. The van der Waals surface area contributed by atoms with E-state index >= 15 is 0 Å². The van der Waals surface area contributed by atoms with Crippen LogP contribution in [0.15, 0.2) is 72.8 Å². The summed E-state index contributed by atoms with van der Waals surface area (Å²) < 4.78 is 7.20. The Balaban J connectivity index is 2.50. The summed E-state index contributed by atoms with van der Waals surface area (Å²) in [5.41, 5.74) is 0. The Bertz CT molecular complexity index is 927. The number of benzene rings is 2. The molecule has 0 spiro atoms. The molecule has 0 aliphatic carbocycles. The van der Waals surface area contributed by atoms with Gasteiger partial charge in [0.1, 0.15) is 6.61 Å². The molecule has 0 fully saturated rings. The van der Waals surface area contributed by atoms with Crippen LogP contribution in [0.5, 0.6) is 0 Å². The molecule has 2 rings (SSSR count). The standard InChI is InChI=1S/C30H38O2Si/c1-5-6-7-8-9-13-20-27(21-14-12-19-26-31)32-33(30(2,3)4,28-22-15-10-16-23-28)29-24-17-11-18-25-29/h10-11,14-18,21-25,27,31H,5-8,20,26H2,1-4H3/b21-14+. The molecule has 1 unspecified atom stereocenters. The largest absolute Gasteiger partial charge is 0.400 e. The number of hydrogen-bond acceptors (Lipinski definition) is 2. The van der Waals surface area contributed by atoms with E-state index < -0.39 is 8.32 Å². The Kier molecular flexibility index (Phi) is 11.2. The van der Waals surface area contributed by atoms with Crippen LogP contribution in [-0.4, -0.2) is 26.1 Å². The maximum atomic E-state index is 9.01. The highest BCUT2D eigenvalue weighted by molar-refractivity contribution is 6.99. The molecule has 0 saturated heterocycles. The van der Waals surface area contributed by atoms with Crippen molar-refractivity contribution in [2.24, 2.45) is 0 Å². The summed E-state index contributed by atoms with van der Waals surface area (Å²) >= 11 is 0. The zero-order chi connectivity index (χ0) is 24.0. The third kappa shape index (κ3) is 7.76. The molecule has 0 aliphatic rings. The van der Waals surface area contributed by atoms with E-state index in [4.69, 9.17) is 9.53 Å². The van der Waals surface area contributed by atoms with Crippen LogP contribution >= 0.6 is 0 Å². The number of hydrogen-bond donors (Lipinski definition) is 1. The minimum atomic E-state index is -2.68. The first-order valence-corrected chi connectivity index (χ1v) is 13.9. The highest BCUT2D eigenvalue weighted by atomic mass is 28.4. The van der Waals surface area contributed by atoms with Crippen LogP contribution in [0, 0.1) is 23.7 Å². The van der Waals surface area contributed by atoms with Crippen molar-refractivity contribution < 1.29 is 9.53 Å². The van der Waals surface area contributed by atoms with Crippen LogP contribution < -0.4 is 10.4 Å². The molecule has 3 heteroatoms. The summed E-state index contributed by atoms with van der Waals surface area (Å²) in [6, 6.07) is 21.3. The van der Waals surface area contributed by atoms with E-state index in [0.29, 0.717) is 6.42 Å². The summed E-state index contributed by atoms with van der Waals surface area (Å²) in [6.45, 7) is 8.90. The van der Waals surface area contributed by atoms with Crippen molar-refractivity contribution in [2.45, 2.75) is 70.9 Å². The second-order valence-corrected chi connectivity index (χ2v) is 13.4. The minimum Gasteiger partial charge on any atom is -0.400 e. The van der Waals surface area contributed by atoms with E-state index in [9.17, 15) is 0 Å². The Morgan fingerprint density at radius 2 is 1.52 bits per heavy atom. The molecule has 0 radical (unpaired) electrons. The van der Waals surface area contributed by atoms with Gasteiger partial charge in [0.2, 0.25) is 0 Å². The zero-order valence-electron chi connectivity index (χ0n) is 20.6. The number of allylic oxidation sites excluding steroid dienone is 1. The number of unbranched alkanes of at least 4 members (excludes halogenated alkanes) is 3. The Morgan fingerprint density at radius 1 is 0.909 bits per heavy atom. The van der Waals surface area contributed by atoms with Crippen LogP contribution in [-0.2, 0) is 4.43 Å². The van der Waals surface area contributed by atoms with Crippen molar-refractivity contribution in [2.75, 3.05) is 6.61 Å². The predicted molar refractivity (Wildman–Crippen MR) is 143 cm³/mol. The molecule has 0 aliphatic heterocycles. The summed E-state index contributed by atoms with van der Waals surface area (Å²) in [4.78, 5) is 0. The lowest BCUT2D eigenvalue weighted by Crippen LogP contribution is -2.67. The third-order valence-corrected chi connectivity index (χ3v) is 10.7. The molecule has 0 aromatic heterocycles. The van der Waals surface area contributed by atoms with Gasteiger partial charge in [0.15, 0.2) is 0 Å². The maximum Gasteiger partial charge on any atom is 0.261 e. The van der Waals surface area contributed by atoms with Crippen LogP contribution in [0.25, 0.3) is 0 Å². The van der Waals surface area contributed by atoms with E-state index in [1.807, 2.05) is 6.08 Å². The van der Waals surface area contributed by atoms with Gasteiger partial charge in [-0.3, -0.25) is 0 Å². The molecule has 0 heterocycles. The molecule has 1 N–H and O–H groups in total. The molecule has 174 valence electrons. The van der Waals surface area contributed by atoms with Crippen molar-refractivity contribution >= 4 is 18.7 Å². The van der Waals surface area contributed by atoms with Gasteiger partial charge in [-0.15, -0.1) is 11.8 Å². The van der Waals surface area contributed by atoms with E-state index in [2.05, 4.69) is 112 Å². The molecule has 2 aromatic carbocycles. The van der Waals surface area contributed by atoms with Gasteiger partial charge in [0, 0.05) is 12.8 Å². The fourth-order valence-electron chi connectivity index (χ4n) is 4.05. The van der Waals surface area contributed by atoms with Gasteiger partial charge in [-0.2, -0.15) is 0 Å². The monoisotopic (exact) mass is 458 g/mol. The highest BCUT2D eigenvalue weighted by Crippen LogP contribution is 2.37. The SMILES string of the molecule is CCCCCC#CCC(/C=C/C#CCO)O[Si](c1ccccc1)(c1ccccc1)C(C)(C)C. The predicted octanol–water partition coefficient (Wildman–Crippen LogP) is 5.46. The third-order valence-electron chi connectivity index (χ3n) is 5.65. The van der Waals surface area contributed by atoms with E-state index in [1.165, 1.54) is 23.2 Å². The lowest BCUT2D eigenvalue weighted by Gasteiger charge is -2.44. The van der Waals surface area contributed by atoms with Crippen LogP contribution in [0.4, 0.5) is 0 Å². The summed E-state index contributed by atoms with van der Waals surface area (Å²) in [5.74, 6) is 12.3. The first kappa shape index (κ1) is 26.7. The average Bonchev–Trinajstić information content (AvgIpc) is 2.82. The van der Waals surface area contributed by atoms with Crippen molar-refractivity contribution in [1.29, 1.82) is 0 Å². The molecular weight excluding hydrogens is 420 g/mol. The molecule has 2 nitrogen and oxygen atoms in total.